The van der Waals surface area contributed by atoms with E-state index in [-0.39, 0.29) is 0 Å². The molecule has 1 aromatic rings. The van der Waals surface area contributed by atoms with Gasteiger partial charge in [0.05, 0.1) is 4.88 Å². The highest BCUT2D eigenvalue weighted by Gasteiger charge is 2.32. The van der Waals surface area contributed by atoms with Crippen molar-refractivity contribution in [2.24, 2.45) is 11.8 Å². The molecule has 0 saturated heterocycles. The molecule has 2 heteroatoms. The molecule has 1 saturated carbocycles. The summed E-state index contributed by atoms with van der Waals surface area (Å²) in [6.45, 7) is 2.21. The Labute approximate surface area is 76.4 Å². The number of thiophene rings is 1. The van der Waals surface area contributed by atoms with Gasteiger partial charge >= 0.3 is 0 Å². The van der Waals surface area contributed by atoms with Gasteiger partial charge in [-0.05, 0) is 30.2 Å². The maximum Gasteiger partial charge on any atom is 0.175 e. The van der Waals surface area contributed by atoms with Gasteiger partial charge in [-0.3, -0.25) is 4.79 Å². The van der Waals surface area contributed by atoms with Gasteiger partial charge in [0.15, 0.2) is 5.78 Å². The Morgan fingerprint density at radius 2 is 2.33 bits per heavy atom. The van der Waals surface area contributed by atoms with Crippen molar-refractivity contribution < 1.29 is 4.79 Å². The molecule has 0 amide bonds. The summed E-state index contributed by atoms with van der Waals surface area (Å²) >= 11 is 1.56. The van der Waals surface area contributed by atoms with Gasteiger partial charge in [-0.2, -0.15) is 0 Å². The van der Waals surface area contributed by atoms with Gasteiger partial charge in [0.25, 0.3) is 0 Å². The fraction of sp³-hybridized carbons (Fsp3) is 0.500. The number of carbonyl (C=O) groups excluding carboxylic acids is 1. The predicted molar refractivity (Wildman–Crippen MR) is 50.5 cm³/mol. The van der Waals surface area contributed by atoms with Crippen LogP contribution in [0, 0.1) is 11.8 Å². The Morgan fingerprint density at radius 3 is 2.83 bits per heavy atom. The van der Waals surface area contributed by atoms with Gasteiger partial charge in [-0.15, -0.1) is 11.3 Å². The van der Waals surface area contributed by atoms with Crippen molar-refractivity contribution in [1.82, 2.24) is 0 Å². The summed E-state index contributed by atoms with van der Waals surface area (Å²) in [6, 6.07) is 3.87. The number of rotatable bonds is 2. The lowest BCUT2D eigenvalue weighted by atomic mass is 9.73. The quantitative estimate of drug-likeness (QED) is 0.639. The van der Waals surface area contributed by atoms with Crippen LogP contribution in [0.4, 0.5) is 0 Å². The van der Waals surface area contributed by atoms with E-state index in [1.165, 1.54) is 0 Å². The molecule has 1 nitrogen and oxygen atoms in total. The minimum Gasteiger partial charge on any atom is -0.293 e. The van der Waals surface area contributed by atoms with Crippen molar-refractivity contribution in [3.05, 3.63) is 22.4 Å². The second kappa shape index (κ2) is 3.02. The standard InChI is InChI=1S/C10H12OS/c1-7-5-8(6-7)10(11)9-3-2-4-12-9/h2-4,7-8H,5-6H2,1H3. The SMILES string of the molecule is CC1CC(C(=O)c2cccs2)C1. The van der Waals surface area contributed by atoms with Crippen molar-refractivity contribution >= 4 is 17.1 Å². The van der Waals surface area contributed by atoms with Crippen LogP contribution in [0.1, 0.15) is 29.4 Å². The molecule has 12 heavy (non-hydrogen) atoms. The van der Waals surface area contributed by atoms with Gasteiger partial charge in [-0.1, -0.05) is 13.0 Å². The molecule has 1 heterocycles. The van der Waals surface area contributed by atoms with E-state index < -0.39 is 0 Å². The number of Topliss-reactive ketones (excluding diaryl/α,β-unsaturated/α-hetero) is 1. The normalized spacial score (nSPS) is 28.1. The van der Waals surface area contributed by atoms with E-state index in [2.05, 4.69) is 6.92 Å². The fourth-order valence-electron chi connectivity index (χ4n) is 1.74. The topological polar surface area (TPSA) is 17.1 Å². The van der Waals surface area contributed by atoms with Gasteiger partial charge in [-0.25, -0.2) is 0 Å². The van der Waals surface area contributed by atoms with Gasteiger partial charge in [0, 0.05) is 5.92 Å². The molecular weight excluding hydrogens is 168 g/mol. The van der Waals surface area contributed by atoms with E-state index in [0.29, 0.717) is 11.7 Å². The van der Waals surface area contributed by atoms with Crippen LogP contribution in [0.2, 0.25) is 0 Å². The molecule has 0 radical (unpaired) electrons. The third kappa shape index (κ3) is 1.31. The van der Waals surface area contributed by atoms with Crippen LogP contribution < -0.4 is 0 Å². The number of hydrogen-bond donors (Lipinski definition) is 0. The molecule has 1 aromatic heterocycles. The summed E-state index contributed by atoms with van der Waals surface area (Å²) < 4.78 is 0. The molecule has 0 aromatic carbocycles. The Bertz CT molecular complexity index is 270. The average Bonchev–Trinajstić information content (AvgIpc) is 2.49. The average molecular weight is 180 g/mol. The second-order valence-corrected chi connectivity index (χ2v) is 4.56. The van der Waals surface area contributed by atoms with Crippen LogP contribution in [0.15, 0.2) is 17.5 Å². The van der Waals surface area contributed by atoms with Crippen molar-refractivity contribution in [2.45, 2.75) is 19.8 Å². The zero-order chi connectivity index (χ0) is 8.55. The second-order valence-electron chi connectivity index (χ2n) is 3.62. The minimum atomic E-state index is 0.332. The fourth-order valence-corrected chi connectivity index (χ4v) is 2.48. The molecule has 0 N–H and O–H groups in total. The lowest BCUT2D eigenvalue weighted by Gasteiger charge is -2.30. The third-order valence-corrected chi connectivity index (χ3v) is 3.39. The Hall–Kier alpha value is -0.630. The van der Waals surface area contributed by atoms with E-state index in [4.69, 9.17) is 0 Å². The molecular formula is C10H12OS. The van der Waals surface area contributed by atoms with Crippen LogP contribution in [-0.4, -0.2) is 5.78 Å². The molecule has 0 aliphatic heterocycles. The van der Waals surface area contributed by atoms with Crippen LogP contribution in [-0.2, 0) is 0 Å². The Kier molecular flexibility index (Phi) is 2.01. The van der Waals surface area contributed by atoms with Crippen LogP contribution in [0.3, 0.4) is 0 Å². The minimum absolute atomic E-state index is 0.332. The Balaban J connectivity index is 2.03. The predicted octanol–water partition coefficient (Wildman–Crippen LogP) is 2.98. The largest absolute Gasteiger partial charge is 0.293 e. The van der Waals surface area contributed by atoms with Crippen LogP contribution in [0.25, 0.3) is 0 Å². The maximum atomic E-state index is 11.6. The maximum absolute atomic E-state index is 11.6. The molecule has 1 aliphatic carbocycles. The number of hydrogen-bond acceptors (Lipinski definition) is 2. The summed E-state index contributed by atoms with van der Waals surface area (Å²) in [6.07, 6.45) is 2.19. The number of carbonyl (C=O) groups is 1. The smallest absolute Gasteiger partial charge is 0.175 e. The zero-order valence-corrected chi connectivity index (χ0v) is 7.93. The first kappa shape index (κ1) is 7.99. The van der Waals surface area contributed by atoms with Gasteiger partial charge in [0.2, 0.25) is 0 Å². The molecule has 2 rings (SSSR count). The summed E-state index contributed by atoms with van der Waals surface area (Å²) in [5.74, 6) is 1.46. The molecule has 0 unspecified atom stereocenters. The first-order valence-electron chi connectivity index (χ1n) is 4.35. The summed E-state index contributed by atoms with van der Waals surface area (Å²) in [5.41, 5.74) is 0. The highest BCUT2D eigenvalue weighted by atomic mass is 32.1. The molecule has 0 bridgehead atoms. The van der Waals surface area contributed by atoms with Crippen LogP contribution in [0.5, 0.6) is 0 Å². The summed E-state index contributed by atoms with van der Waals surface area (Å²) in [5, 5.41) is 1.97. The Morgan fingerprint density at radius 1 is 1.58 bits per heavy atom. The van der Waals surface area contributed by atoms with Crippen molar-refractivity contribution in [1.29, 1.82) is 0 Å². The van der Waals surface area contributed by atoms with E-state index in [1.54, 1.807) is 11.3 Å². The van der Waals surface area contributed by atoms with E-state index in [9.17, 15) is 4.79 Å². The third-order valence-electron chi connectivity index (χ3n) is 2.51. The summed E-state index contributed by atoms with van der Waals surface area (Å²) in [4.78, 5) is 12.6. The molecule has 0 spiro atoms. The highest BCUT2D eigenvalue weighted by molar-refractivity contribution is 7.12. The van der Waals surface area contributed by atoms with E-state index in [1.807, 2.05) is 17.5 Å². The molecule has 64 valence electrons. The lowest BCUT2D eigenvalue weighted by molar-refractivity contribution is 0.0796. The van der Waals surface area contributed by atoms with E-state index in [0.717, 1.165) is 23.6 Å². The number of ketones is 1. The first-order valence-corrected chi connectivity index (χ1v) is 5.23. The van der Waals surface area contributed by atoms with Gasteiger partial charge < -0.3 is 0 Å². The lowest BCUT2D eigenvalue weighted by Crippen LogP contribution is -2.28. The molecule has 1 aliphatic rings. The molecule has 0 atom stereocenters. The zero-order valence-electron chi connectivity index (χ0n) is 7.12. The monoisotopic (exact) mass is 180 g/mol. The first-order chi connectivity index (χ1) is 5.77. The molecule has 1 fully saturated rings. The van der Waals surface area contributed by atoms with E-state index >= 15 is 0 Å². The van der Waals surface area contributed by atoms with Crippen molar-refractivity contribution in [3.63, 3.8) is 0 Å². The summed E-state index contributed by atoms with van der Waals surface area (Å²) in [7, 11) is 0. The van der Waals surface area contributed by atoms with Crippen molar-refractivity contribution in [3.8, 4) is 0 Å². The van der Waals surface area contributed by atoms with Gasteiger partial charge in [0.1, 0.15) is 0 Å². The van der Waals surface area contributed by atoms with Crippen molar-refractivity contribution in [2.75, 3.05) is 0 Å². The van der Waals surface area contributed by atoms with Crippen LogP contribution >= 0.6 is 11.3 Å². The highest BCUT2D eigenvalue weighted by Crippen LogP contribution is 2.36.